The highest BCUT2D eigenvalue weighted by atomic mass is 19.1. The van der Waals surface area contributed by atoms with E-state index in [1.165, 1.54) is 12.8 Å². The van der Waals surface area contributed by atoms with Crippen molar-refractivity contribution in [1.82, 2.24) is 0 Å². The lowest BCUT2D eigenvalue weighted by Gasteiger charge is -2.24. The lowest BCUT2D eigenvalue weighted by molar-refractivity contribution is 0.00912. The van der Waals surface area contributed by atoms with Gasteiger partial charge in [-0.1, -0.05) is 12.1 Å². The standard InChI is InChI=1S/C16H24FNO/c1-11-9-13(10-12(2)16(11)17)15(18)7-6-14-5-3-4-8-19-14/h9-10,14-15H,3-8,18H2,1-2H3. The average Bonchev–Trinajstić information content (AvgIpc) is 2.42. The molecule has 1 aromatic rings. The molecule has 19 heavy (non-hydrogen) atoms. The summed E-state index contributed by atoms with van der Waals surface area (Å²) < 4.78 is 19.3. The molecule has 0 bridgehead atoms. The summed E-state index contributed by atoms with van der Waals surface area (Å²) in [6.45, 7) is 4.47. The van der Waals surface area contributed by atoms with E-state index in [9.17, 15) is 4.39 Å². The van der Waals surface area contributed by atoms with Crippen molar-refractivity contribution in [2.45, 2.75) is 58.1 Å². The number of ether oxygens (including phenoxy) is 1. The third-order valence-corrected chi connectivity index (χ3v) is 3.96. The van der Waals surface area contributed by atoms with Gasteiger partial charge >= 0.3 is 0 Å². The van der Waals surface area contributed by atoms with Crippen molar-refractivity contribution in [1.29, 1.82) is 0 Å². The van der Waals surface area contributed by atoms with Crippen LogP contribution in [0.2, 0.25) is 0 Å². The Labute approximate surface area is 115 Å². The fraction of sp³-hybridized carbons (Fsp3) is 0.625. The van der Waals surface area contributed by atoms with Crippen LogP contribution in [0.4, 0.5) is 4.39 Å². The van der Waals surface area contributed by atoms with Crippen LogP contribution in [0, 0.1) is 19.7 Å². The van der Waals surface area contributed by atoms with Crippen molar-refractivity contribution in [3.63, 3.8) is 0 Å². The van der Waals surface area contributed by atoms with Crippen LogP contribution < -0.4 is 5.73 Å². The second-order valence-electron chi connectivity index (χ2n) is 5.64. The number of halogens is 1. The van der Waals surface area contributed by atoms with Gasteiger partial charge in [0, 0.05) is 12.6 Å². The van der Waals surface area contributed by atoms with Gasteiger partial charge in [0.25, 0.3) is 0 Å². The summed E-state index contributed by atoms with van der Waals surface area (Å²) in [5, 5.41) is 0. The van der Waals surface area contributed by atoms with E-state index in [4.69, 9.17) is 10.5 Å². The summed E-state index contributed by atoms with van der Waals surface area (Å²) in [5.74, 6) is -0.119. The zero-order valence-corrected chi connectivity index (χ0v) is 11.9. The number of hydrogen-bond donors (Lipinski definition) is 1. The highest BCUT2D eigenvalue weighted by molar-refractivity contribution is 5.32. The summed E-state index contributed by atoms with van der Waals surface area (Å²) in [5.41, 5.74) is 8.62. The Morgan fingerprint density at radius 1 is 1.32 bits per heavy atom. The van der Waals surface area contributed by atoms with Crippen LogP contribution in [-0.2, 0) is 4.74 Å². The summed E-state index contributed by atoms with van der Waals surface area (Å²) in [6, 6.07) is 3.72. The average molecular weight is 265 g/mol. The predicted octanol–water partition coefficient (Wildman–Crippen LogP) is 3.79. The van der Waals surface area contributed by atoms with Crippen molar-refractivity contribution in [2.75, 3.05) is 6.61 Å². The monoisotopic (exact) mass is 265 g/mol. The van der Waals surface area contributed by atoms with Crippen molar-refractivity contribution in [3.8, 4) is 0 Å². The van der Waals surface area contributed by atoms with Gasteiger partial charge < -0.3 is 10.5 Å². The molecular weight excluding hydrogens is 241 g/mol. The van der Waals surface area contributed by atoms with E-state index < -0.39 is 0 Å². The molecule has 0 aromatic heterocycles. The third-order valence-electron chi connectivity index (χ3n) is 3.96. The molecule has 106 valence electrons. The molecular formula is C16H24FNO. The summed E-state index contributed by atoms with van der Waals surface area (Å²) >= 11 is 0. The van der Waals surface area contributed by atoms with Crippen LogP contribution in [0.15, 0.2) is 12.1 Å². The molecule has 1 aliphatic rings. The van der Waals surface area contributed by atoms with Gasteiger partial charge in [0.05, 0.1) is 6.10 Å². The molecule has 1 fully saturated rings. The minimum absolute atomic E-state index is 0.0245. The Hall–Kier alpha value is -0.930. The van der Waals surface area contributed by atoms with Crippen LogP contribution in [0.1, 0.15) is 54.8 Å². The smallest absolute Gasteiger partial charge is 0.129 e. The maximum atomic E-state index is 13.6. The van der Waals surface area contributed by atoms with E-state index in [0.29, 0.717) is 17.2 Å². The highest BCUT2D eigenvalue weighted by Gasteiger charge is 2.16. The van der Waals surface area contributed by atoms with E-state index in [1.807, 2.05) is 12.1 Å². The molecule has 2 nitrogen and oxygen atoms in total. The number of rotatable bonds is 4. The minimum atomic E-state index is -0.119. The van der Waals surface area contributed by atoms with Crippen LogP contribution in [0.5, 0.6) is 0 Å². The maximum absolute atomic E-state index is 13.6. The molecule has 3 heteroatoms. The van der Waals surface area contributed by atoms with Crippen molar-refractivity contribution < 1.29 is 9.13 Å². The first-order valence-corrected chi connectivity index (χ1v) is 7.21. The quantitative estimate of drug-likeness (QED) is 0.899. The van der Waals surface area contributed by atoms with Crippen molar-refractivity contribution in [3.05, 3.63) is 34.6 Å². The first-order chi connectivity index (χ1) is 9.08. The van der Waals surface area contributed by atoms with Gasteiger partial charge in [-0.2, -0.15) is 0 Å². The van der Waals surface area contributed by atoms with Gasteiger partial charge in [-0.25, -0.2) is 4.39 Å². The lowest BCUT2D eigenvalue weighted by atomic mass is 9.95. The molecule has 1 aromatic carbocycles. The Bertz CT molecular complexity index is 404. The fourth-order valence-electron chi connectivity index (χ4n) is 2.76. The number of aryl methyl sites for hydroxylation is 2. The predicted molar refractivity (Wildman–Crippen MR) is 75.6 cm³/mol. The van der Waals surface area contributed by atoms with E-state index >= 15 is 0 Å². The van der Waals surface area contributed by atoms with Gasteiger partial charge in [0.15, 0.2) is 0 Å². The van der Waals surface area contributed by atoms with Crippen LogP contribution in [-0.4, -0.2) is 12.7 Å². The zero-order valence-electron chi connectivity index (χ0n) is 11.9. The van der Waals surface area contributed by atoms with Crippen LogP contribution in [0.3, 0.4) is 0 Å². The Kier molecular flexibility index (Phi) is 4.94. The minimum Gasteiger partial charge on any atom is -0.378 e. The maximum Gasteiger partial charge on any atom is 0.129 e. The van der Waals surface area contributed by atoms with Gasteiger partial charge in [0.2, 0.25) is 0 Å². The fourth-order valence-corrected chi connectivity index (χ4v) is 2.76. The van der Waals surface area contributed by atoms with E-state index in [2.05, 4.69) is 0 Å². The number of benzene rings is 1. The Morgan fingerprint density at radius 2 is 2.00 bits per heavy atom. The topological polar surface area (TPSA) is 35.2 Å². The molecule has 2 rings (SSSR count). The first kappa shape index (κ1) is 14.5. The van der Waals surface area contributed by atoms with Gasteiger partial charge in [0.1, 0.15) is 5.82 Å². The van der Waals surface area contributed by atoms with Gasteiger partial charge in [-0.05, 0) is 62.6 Å². The largest absolute Gasteiger partial charge is 0.378 e. The lowest BCUT2D eigenvalue weighted by Crippen LogP contribution is -2.21. The molecule has 0 amide bonds. The number of nitrogens with two attached hydrogens (primary N) is 1. The van der Waals surface area contributed by atoms with Gasteiger partial charge in [-0.15, -0.1) is 0 Å². The third kappa shape index (κ3) is 3.77. The number of hydrogen-bond acceptors (Lipinski definition) is 2. The zero-order chi connectivity index (χ0) is 13.8. The molecule has 1 saturated heterocycles. The normalized spacial score (nSPS) is 21.4. The highest BCUT2D eigenvalue weighted by Crippen LogP contribution is 2.24. The van der Waals surface area contributed by atoms with E-state index in [1.54, 1.807) is 13.8 Å². The summed E-state index contributed by atoms with van der Waals surface area (Å²) in [4.78, 5) is 0. The molecule has 0 saturated carbocycles. The molecule has 2 atom stereocenters. The van der Waals surface area contributed by atoms with Crippen molar-refractivity contribution in [2.24, 2.45) is 5.73 Å². The van der Waals surface area contributed by atoms with Gasteiger partial charge in [-0.3, -0.25) is 0 Å². The second kappa shape index (κ2) is 6.49. The first-order valence-electron chi connectivity index (χ1n) is 7.21. The molecule has 0 radical (unpaired) electrons. The molecule has 2 unspecified atom stereocenters. The summed E-state index contributed by atoms with van der Waals surface area (Å²) in [7, 11) is 0. The van der Waals surface area contributed by atoms with Crippen molar-refractivity contribution >= 4 is 0 Å². The van der Waals surface area contributed by atoms with Crippen LogP contribution in [0.25, 0.3) is 0 Å². The molecule has 0 aliphatic carbocycles. The Morgan fingerprint density at radius 3 is 2.58 bits per heavy atom. The molecule has 1 heterocycles. The summed E-state index contributed by atoms with van der Waals surface area (Å²) in [6.07, 6.45) is 5.84. The van der Waals surface area contributed by atoms with E-state index in [0.717, 1.165) is 31.4 Å². The molecule has 1 aliphatic heterocycles. The van der Waals surface area contributed by atoms with Crippen LogP contribution >= 0.6 is 0 Å². The molecule has 0 spiro atoms. The second-order valence-corrected chi connectivity index (χ2v) is 5.64. The molecule has 2 N–H and O–H groups in total. The van der Waals surface area contributed by atoms with E-state index in [-0.39, 0.29) is 11.9 Å². The Balaban J connectivity index is 1.93. The SMILES string of the molecule is Cc1cc(C(N)CCC2CCCCO2)cc(C)c1F.